The third-order valence-corrected chi connectivity index (χ3v) is 5.46. The van der Waals surface area contributed by atoms with E-state index in [1.807, 2.05) is 0 Å². The van der Waals surface area contributed by atoms with Crippen LogP contribution in [-0.4, -0.2) is 89.6 Å². The predicted molar refractivity (Wildman–Crippen MR) is 94.8 cm³/mol. The van der Waals surface area contributed by atoms with Crippen molar-refractivity contribution in [2.24, 2.45) is 0 Å². The van der Waals surface area contributed by atoms with Gasteiger partial charge in [-0.3, -0.25) is 14.4 Å². The van der Waals surface area contributed by atoms with Gasteiger partial charge in [-0.1, -0.05) is 5.16 Å². The van der Waals surface area contributed by atoms with E-state index in [4.69, 9.17) is 9.26 Å². The number of aryl methyl sites for hydroxylation is 2. The van der Waals surface area contributed by atoms with E-state index in [1.54, 1.807) is 37.7 Å². The summed E-state index contributed by atoms with van der Waals surface area (Å²) in [5.74, 6) is 0.0801. The molecule has 9 nitrogen and oxygen atoms in total. The van der Waals surface area contributed by atoms with Crippen molar-refractivity contribution in [3.8, 4) is 0 Å². The number of fused-ring (bicyclic) bond motifs is 1. The summed E-state index contributed by atoms with van der Waals surface area (Å²) in [6, 6.07) is -1.22. The molecule has 3 amide bonds. The van der Waals surface area contributed by atoms with E-state index in [9.17, 15) is 14.4 Å². The summed E-state index contributed by atoms with van der Waals surface area (Å²) in [6.45, 7) is 7.35. The molecule has 0 aliphatic carbocycles. The lowest BCUT2D eigenvalue weighted by Crippen LogP contribution is -2.70. The van der Waals surface area contributed by atoms with Gasteiger partial charge in [-0.15, -0.1) is 0 Å². The standard InChI is InChI=1S/C18H26N4O5/c1-11-14(13(3)27-19-11)9-16(23)22-10-15-18(25)20(7-8-26-4)5-6-21(15)17(24)12(22)2/h12,15H,5-10H2,1-4H3/t12-,15-/m0/s1. The highest BCUT2D eigenvalue weighted by Crippen LogP contribution is 2.23. The van der Waals surface area contributed by atoms with Crippen LogP contribution < -0.4 is 0 Å². The summed E-state index contributed by atoms with van der Waals surface area (Å²) in [6.07, 6.45) is 0.104. The number of piperazine rings is 2. The highest BCUT2D eigenvalue weighted by atomic mass is 16.5. The van der Waals surface area contributed by atoms with Gasteiger partial charge < -0.3 is 24.0 Å². The number of carbonyl (C=O) groups excluding carboxylic acids is 3. The number of carbonyl (C=O) groups is 3. The van der Waals surface area contributed by atoms with Gasteiger partial charge in [0.15, 0.2) is 0 Å². The molecule has 2 aliphatic heterocycles. The molecule has 2 aliphatic rings. The molecule has 0 spiro atoms. The highest BCUT2D eigenvalue weighted by Gasteiger charge is 2.46. The van der Waals surface area contributed by atoms with Crippen molar-refractivity contribution >= 4 is 17.7 Å². The molecule has 1 aromatic rings. The zero-order valence-corrected chi connectivity index (χ0v) is 16.2. The average molecular weight is 378 g/mol. The Hall–Kier alpha value is -2.42. The number of ether oxygens (including phenoxy) is 1. The smallest absolute Gasteiger partial charge is 0.247 e. The van der Waals surface area contributed by atoms with Crippen LogP contribution in [-0.2, 0) is 25.5 Å². The van der Waals surface area contributed by atoms with Crippen LogP contribution in [0.25, 0.3) is 0 Å². The third-order valence-electron chi connectivity index (χ3n) is 5.46. The second kappa shape index (κ2) is 7.67. The van der Waals surface area contributed by atoms with Crippen molar-refractivity contribution in [1.29, 1.82) is 0 Å². The Labute approximate surface area is 158 Å². The van der Waals surface area contributed by atoms with E-state index < -0.39 is 12.1 Å². The van der Waals surface area contributed by atoms with Crippen LogP contribution in [0.5, 0.6) is 0 Å². The molecule has 9 heteroatoms. The second-order valence-corrected chi connectivity index (χ2v) is 7.07. The molecule has 27 heavy (non-hydrogen) atoms. The summed E-state index contributed by atoms with van der Waals surface area (Å²) in [4.78, 5) is 43.3. The summed E-state index contributed by atoms with van der Waals surface area (Å²) in [5.41, 5.74) is 1.40. The molecule has 2 fully saturated rings. The first-order chi connectivity index (χ1) is 12.8. The molecule has 0 N–H and O–H groups in total. The van der Waals surface area contributed by atoms with Crippen LogP contribution in [0.2, 0.25) is 0 Å². The molecule has 0 aromatic carbocycles. The molecule has 2 atom stereocenters. The lowest BCUT2D eigenvalue weighted by atomic mass is 10.0. The minimum atomic E-state index is -0.632. The SMILES string of the molecule is COCCN1CCN2C(=O)[C@H](C)N(C(=O)Cc3c(C)noc3C)C[C@H]2C1=O. The van der Waals surface area contributed by atoms with Gasteiger partial charge in [0, 0.05) is 32.3 Å². The van der Waals surface area contributed by atoms with Gasteiger partial charge in [0.05, 0.1) is 25.3 Å². The summed E-state index contributed by atoms with van der Waals surface area (Å²) in [7, 11) is 1.58. The van der Waals surface area contributed by atoms with Crippen molar-refractivity contribution in [2.45, 2.75) is 39.3 Å². The maximum absolute atomic E-state index is 12.9. The monoisotopic (exact) mass is 378 g/mol. The first kappa shape index (κ1) is 19.3. The van der Waals surface area contributed by atoms with Crippen LogP contribution in [0, 0.1) is 13.8 Å². The Bertz CT molecular complexity index is 727. The van der Waals surface area contributed by atoms with Crippen LogP contribution in [0.3, 0.4) is 0 Å². The van der Waals surface area contributed by atoms with Gasteiger partial charge in [0.1, 0.15) is 17.8 Å². The molecule has 2 saturated heterocycles. The van der Waals surface area contributed by atoms with Gasteiger partial charge in [-0.25, -0.2) is 0 Å². The lowest BCUT2D eigenvalue weighted by molar-refractivity contribution is -0.165. The first-order valence-electron chi connectivity index (χ1n) is 9.14. The molecule has 1 aromatic heterocycles. The second-order valence-electron chi connectivity index (χ2n) is 7.07. The van der Waals surface area contributed by atoms with Crippen molar-refractivity contribution in [3.63, 3.8) is 0 Å². The Morgan fingerprint density at radius 1 is 1.26 bits per heavy atom. The quantitative estimate of drug-likeness (QED) is 0.701. The van der Waals surface area contributed by atoms with Crippen LogP contribution in [0.4, 0.5) is 0 Å². The summed E-state index contributed by atoms with van der Waals surface area (Å²) in [5, 5.41) is 3.87. The average Bonchev–Trinajstić information content (AvgIpc) is 2.96. The molecule has 0 unspecified atom stereocenters. The Kier molecular flexibility index (Phi) is 5.50. The Morgan fingerprint density at radius 3 is 2.63 bits per heavy atom. The van der Waals surface area contributed by atoms with Gasteiger partial charge >= 0.3 is 0 Å². The maximum atomic E-state index is 12.9. The van der Waals surface area contributed by atoms with E-state index in [0.717, 1.165) is 5.56 Å². The molecule has 3 rings (SSSR count). The van der Waals surface area contributed by atoms with E-state index in [1.165, 1.54) is 4.90 Å². The minimum absolute atomic E-state index is 0.104. The zero-order valence-electron chi connectivity index (χ0n) is 16.2. The Morgan fingerprint density at radius 2 is 2.00 bits per heavy atom. The van der Waals surface area contributed by atoms with Crippen molar-refractivity contribution in [2.75, 3.05) is 39.9 Å². The molecule has 0 radical (unpaired) electrons. The normalized spacial score (nSPS) is 23.0. The predicted octanol–water partition coefficient (Wildman–Crippen LogP) is -0.250. The number of aromatic nitrogens is 1. The summed E-state index contributed by atoms with van der Waals surface area (Å²) >= 11 is 0. The topological polar surface area (TPSA) is 96.2 Å². The third kappa shape index (κ3) is 3.55. The van der Waals surface area contributed by atoms with Crippen LogP contribution in [0.15, 0.2) is 4.52 Å². The lowest BCUT2D eigenvalue weighted by Gasteiger charge is -2.48. The maximum Gasteiger partial charge on any atom is 0.247 e. The van der Waals surface area contributed by atoms with Gasteiger partial charge in [-0.2, -0.15) is 0 Å². The fraction of sp³-hybridized carbons (Fsp3) is 0.667. The fourth-order valence-electron chi connectivity index (χ4n) is 3.75. The molecular formula is C18H26N4O5. The highest BCUT2D eigenvalue weighted by molar-refractivity contribution is 5.95. The Balaban J connectivity index is 1.76. The molecular weight excluding hydrogens is 352 g/mol. The van der Waals surface area contributed by atoms with E-state index in [-0.39, 0.29) is 30.7 Å². The van der Waals surface area contributed by atoms with Crippen molar-refractivity contribution < 1.29 is 23.6 Å². The number of hydrogen-bond acceptors (Lipinski definition) is 6. The van der Waals surface area contributed by atoms with E-state index >= 15 is 0 Å². The number of amides is 3. The molecule has 0 bridgehead atoms. The fourth-order valence-corrected chi connectivity index (χ4v) is 3.75. The largest absolute Gasteiger partial charge is 0.383 e. The van der Waals surface area contributed by atoms with Crippen LogP contribution in [0.1, 0.15) is 23.9 Å². The number of hydrogen-bond donors (Lipinski definition) is 0. The number of nitrogens with zero attached hydrogens (tertiary/aromatic N) is 4. The van der Waals surface area contributed by atoms with E-state index in [0.29, 0.717) is 37.7 Å². The minimum Gasteiger partial charge on any atom is -0.383 e. The number of rotatable bonds is 5. The molecule has 3 heterocycles. The summed E-state index contributed by atoms with van der Waals surface area (Å²) < 4.78 is 10.2. The number of methoxy groups -OCH3 is 1. The van der Waals surface area contributed by atoms with E-state index in [2.05, 4.69) is 5.16 Å². The van der Waals surface area contributed by atoms with Gasteiger partial charge in [0.25, 0.3) is 0 Å². The molecule has 148 valence electrons. The zero-order chi connectivity index (χ0) is 19.7. The van der Waals surface area contributed by atoms with Crippen molar-refractivity contribution in [1.82, 2.24) is 19.9 Å². The first-order valence-corrected chi connectivity index (χ1v) is 9.14. The molecule has 0 saturated carbocycles. The van der Waals surface area contributed by atoms with Gasteiger partial charge in [0.2, 0.25) is 17.7 Å². The van der Waals surface area contributed by atoms with Crippen LogP contribution >= 0.6 is 0 Å². The van der Waals surface area contributed by atoms with Crippen molar-refractivity contribution in [3.05, 3.63) is 17.0 Å². The van der Waals surface area contributed by atoms with Gasteiger partial charge in [-0.05, 0) is 20.8 Å².